The summed E-state index contributed by atoms with van der Waals surface area (Å²) in [6.07, 6.45) is 0.960. The van der Waals surface area contributed by atoms with Crippen LogP contribution in [0.25, 0.3) is 11.3 Å². The predicted molar refractivity (Wildman–Crippen MR) is 115 cm³/mol. The zero-order valence-electron chi connectivity index (χ0n) is 16.7. The van der Waals surface area contributed by atoms with E-state index in [4.69, 9.17) is 0 Å². The second kappa shape index (κ2) is 7.77. The van der Waals surface area contributed by atoms with E-state index in [2.05, 4.69) is 38.6 Å². The third-order valence-electron chi connectivity index (χ3n) is 5.27. The number of rotatable bonds is 5. The summed E-state index contributed by atoms with van der Waals surface area (Å²) >= 11 is 3.25. The number of aromatic nitrogens is 3. The first kappa shape index (κ1) is 19.3. The second-order valence-electron chi connectivity index (χ2n) is 7.18. The molecule has 0 saturated heterocycles. The Hall–Kier alpha value is -2.03. The molecule has 0 aromatic carbocycles. The molecule has 0 fully saturated rings. The summed E-state index contributed by atoms with van der Waals surface area (Å²) in [6, 6.07) is 2.11. The van der Waals surface area contributed by atoms with Crippen molar-refractivity contribution in [3.63, 3.8) is 0 Å². The number of nitrogens with one attached hydrogen (secondary N) is 1. The minimum Gasteiger partial charge on any atom is -0.339 e. The van der Waals surface area contributed by atoms with Gasteiger partial charge in [-0.15, -0.1) is 22.7 Å². The van der Waals surface area contributed by atoms with Gasteiger partial charge in [0.05, 0.1) is 16.4 Å². The molecule has 1 amide bonds. The van der Waals surface area contributed by atoms with Crippen molar-refractivity contribution in [2.75, 3.05) is 18.4 Å². The molecule has 148 valence electrons. The molecule has 0 radical (unpaired) electrons. The average molecular weight is 416 g/mol. The number of carbonyl (C=O) groups excluding carboxylic acids is 1. The molecule has 8 heteroatoms. The highest BCUT2D eigenvalue weighted by molar-refractivity contribution is 7.15. The van der Waals surface area contributed by atoms with Gasteiger partial charge in [0.1, 0.15) is 6.54 Å². The Morgan fingerprint density at radius 3 is 2.82 bits per heavy atom. The number of carbonyl (C=O) groups is 1. The molecule has 28 heavy (non-hydrogen) atoms. The first-order chi connectivity index (χ1) is 13.4. The zero-order chi connectivity index (χ0) is 19.8. The van der Waals surface area contributed by atoms with Gasteiger partial charge in [0.2, 0.25) is 5.91 Å². The SMILES string of the molecule is CCN1CCc2nc(NC(=O)Cn3c(C)cc(-c4csc(C)n4)c3C)sc2C1. The van der Waals surface area contributed by atoms with Gasteiger partial charge in [-0.25, -0.2) is 9.97 Å². The lowest BCUT2D eigenvalue weighted by atomic mass is 10.2. The van der Waals surface area contributed by atoms with Gasteiger partial charge in [0, 0.05) is 46.7 Å². The first-order valence-electron chi connectivity index (χ1n) is 9.54. The van der Waals surface area contributed by atoms with E-state index in [1.807, 2.05) is 25.3 Å². The van der Waals surface area contributed by atoms with E-state index in [1.165, 1.54) is 4.88 Å². The van der Waals surface area contributed by atoms with E-state index in [0.717, 1.165) is 59.4 Å². The normalized spacial score (nSPS) is 14.3. The van der Waals surface area contributed by atoms with E-state index in [9.17, 15) is 4.79 Å². The van der Waals surface area contributed by atoms with Gasteiger partial charge in [-0.05, 0) is 33.4 Å². The summed E-state index contributed by atoms with van der Waals surface area (Å²) in [4.78, 5) is 25.6. The van der Waals surface area contributed by atoms with Gasteiger partial charge in [-0.1, -0.05) is 6.92 Å². The number of hydrogen-bond donors (Lipinski definition) is 1. The molecule has 6 nitrogen and oxygen atoms in total. The minimum absolute atomic E-state index is 0.0405. The maximum absolute atomic E-state index is 12.7. The van der Waals surface area contributed by atoms with Gasteiger partial charge in [-0.3, -0.25) is 9.69 Å². The summed E-state index contributed by atoms with van der Waals surface area (Å²) in [5, 5.41) is 6.84. The molecule has 3 aromatic heterocycles. The molecule has 0 aliphatic carbocycles. The Balaban J connectivity index is 1.48. The van der Waals surface area contributed by atoms with Crippen LogP contribution >= 0.6 is 22.7 Å². The lowest BCUT2D eigenvalue weighted by Crippen LogP contribution is -2.29. The van der Waals surface area contributed by atoms with Crippen LogP contribution < -0.4 is 5.32 Å². The van der Waals surface area contributed by atoms with Crippen molar-refractivity contribution in [2.24, 2.45) is 0 Å². The number of thiazole rings is 2. The van der Waals surface area contributed by atoms with Crippen LogP contribution in [0.3, 0.4) is 0 Å². The molecule has 1 aliphatic rings. The first-order valence-corrected chi connectivity index (χ1v) is 11.2. The molecule has 0 spiro atoms. The van der Waals surface area contributed by atoms with Gasteiger partial charge < -0.3 is 9.88 Å². The summed E-state index contributed by atoms with van der Waals surface area (Å²) in [5.41, 5.74) is 5.34. The number of fused-ring (bicyclic) bond motifs is 1. The Kier molecular flexibility index (Phi) is 5.35. The van der Waals surface area contributed by atoms with Crippen molar-refractivity contribution < 1.29 is 4.79 Å². The van der Waals surface area contributed by atoms with Crippen molar-refractivity contribution in [2.45, 2.75) is 47.2 Å². The second-order valence-corrected chi connectivity index (χ2v) is 9.32. The standard InChI is InChI=1S/C20H25N5OS2/c1-5-24-7-6-16-18(9-24)28-20(22-16)23-19(26)10-25-12(2)8-15(13(25)3)17-11-27-14(4)21-17/h8,11H,5-7,9-10H2,1-4H3,(H,22,23,26). The number of anilines is 1. The quantitative estimate of drug-likeness (QED) is 0.684. The van der Waals surface area contributed by atoms with Crippen LogP contribution in [-0.4, -0.2) is 38.4 Å². The summed E-state index contributed by atoms with van der Waals surface area (Å²) in [7, 11) is 0. The van der Waals surface area contributed by atoms with Gasteiger partial charge in [-0.2, -0.15) is 0 Å². The highest BCUT2D eigenvalue weighted by Gasteiger charge is 2.21. The molecule has 1 N–H and O–H groups in total. The van der Waals surface area contributed by atoms with Crippen LogP contribution in [0.1, 0.15) is 33.9 Å². The van der Waals surface area contributed by atoms with Crippen molar-refractivity contribution >= 4 is 33.7 Å². The minimum atomic E-state index is -0.0405. The van der Waals surface area contributed by atoms with Gasteiger partial charge in [0.15, 0.2) is 5.13 Å². The van der Waals surface area contributed by atoms with E-state index in [0.29, 0.717) is 5.13 Å². The van der Waals surface area contributed by atoms with E-state index in [1.54, 1.807) is 22.7 Å². The molecule has 0 saturated carbocycles. The number of hydrogen-bond acceptors (Lipinski definition) is 6. The van der Waals surface area contributed by atoms with Crippen molar-refractivity contribution in [3.05, 3.63) is 38.4 Å². The zero-order valence-corrected chi connectivity index (χ0v) is 18.3. The predicted octanol–water partition coefficient (Wildman–Crippen LogP) is 4.01. The van der Waals surface area contributed by atoms with Crippen LogP contribution in [0, 0.1) is 20.8 Å². The molecule has 3 aromatic rings. The average Bonchev–Trinajstić information content (AvgIpc) is 3.34. The van der Waals surface area contributed by atoms with Crippen molar-refractivity contribution in [1.82, 2.24) is 19.4 Å². The van der Waals surface area contributed by atoms with Crippen LogP contribution in [-0.2, 0) is 24.3 Å². The van der Waals surface area contributed by atoms with E-state index in [-0.39, 0.29) is 12.5 Å². The Bertz CT molecular complexity index is 1020. The maximum atomic E-state index is 12.7. The number of likely N-dealkylation sites (N-methyl/N-ethyl adjacent to an activating group) is 1. The fraction of sp³-hybridized carbons (Fsp3) is 0.450. The fourth-order valence-electron chi connectivity index (χ4n) is 3.67. The third kappa shape index (κ3) is 3.76. The number of aryl methyl sites for hydroxylation is 2. The van der Waals surface area contributed by atoms with Crippen LogP contribution in [0.5, 0.6) is 0 Å². The van der Waals surface area contributed by atoms with E-state index < -0.39 is 0 Å². The fourth-order valence-corrected chi connectivity index (χ4v) is 5.34. The van der Waals surface area contributed by atoms with Crippen molar-refractivity contribution in [1.29, 1.82) is 0 Å². The third-order valence-corrected chi connectivity index (χ3v) is 7.05. The van der Waals surface area contributed by atoms with Gasteiger partial charge >= 0.3 is 0 Å². The Morgan fingerprint density at radius 2 is 2.11 bits per heavy atom. The molecular formula is C20H25N5OS2. The molecule has 0 bridgehead atoms. The number of nitrogens with zero attached hydrogens (tertiary/aromatic N) is 4. The van der Waals surface area contributed by atoms with Gasteiger partial charge in [0.25, 0.3) is 0 Å². The van der Waals surface area contributed by atoms with Crippen LogP contribution in [0.2, 0.25) is 0 Å². The number of amides is 1. The van der Waals surface area contributed by atoms with Crippen molar-refractivity contribution in [3.8, 4) is 11.3 Å². The molecule has 0 unspecified atom stereocenters. The highest BCUT2D eigenvalue weighted by atomic mass is 32.1. The molecule has 0 atom stereocenters. The largest absolute Gasteiger partial charge is 0.339 e. The Labute approximate surface area is 173 Å². The lowest BCUT2D eigenvalue weighted by molar-refractivity contribution is -0.116. The molecule has 4 heterocycles. The molecular weight excluding hydrogens is 390 g/mol. The topological polar surface area (TPSA) is 63.1 Å². The monoisotopic (exact) mass is 415 g/mol. The lowest BCUT2D eigenvalue weighted by Gasteiger charge is -2.23. The molecule has 1 aliphatic heterocycles. The maximum Gasteiger partial charge on any atom is 0.246 e. The molecule has 4 rings (SSSR count). The highest BCUT2D eigenvalue weighted by Crippen LogP contribution is 2.29. The summed E-state index contributed by atoms with van der Waals surface area (Å²) in [5.74, 6) is -0.0405. The van der Waals surface area contributed by atoms with E-state index >= 15 is 0 Å². The van der Waals surface area contributed by atoms with Crippen LogP contribution in [0.15, 0.2) is 11.4 Å². The Morgan fingerprint density at radius 1 is 1.29 bits per heavy atom. The smallest absolute Gasteiger partial charge is 0.246 e. The summed E-state index contributed by atoms with van der Waals surface area (Å²) in [6.45, 7) is 11.6. The van der Waals surface area contributed by atoms with Crippen LogP contribution in [0.4, 0.5) is 5.13 Å². The summed E-state index contributed by atoms with van der Waals surface area (Å²) < 4.78 is 2.05.